The Labute approximate surface area is 191 Å². The molecule has 0 saturated heterocycles. The van der Waals surface area contributed by atoms with E-state index in [4.69, 9.17) is 0 Å². The number of carboxylic acids is 2. The molecule has 4 nitrogen and oxygen atoms in total. The molecule has 2 N–H and O–H groups in total. The van der Waals surface area contributed by atoms with Gasteiger partial charge in [-0.2, -0.15) is 0 Å². The van der Waals surface area contributed by atoms with E-state index in [1.165, 1.54) is 0 Å². The molecule has 0 saturated carbocycles. The van der Waals surface area contributed by atoms with Crippen LogP contribution in [0.15, 0.2) is 60.7 Å². The zero-order valence-corrected chi connectivity index (χ0v) is 18.8. The second kappa shape index (κ2) is 10.2. The van der Waals surface area contributed by atoms with Gasteiger partial charge >= 0.3 is 60.8 Å². The standard InChI is InChI=1S/C20H22O4.Ba.2H/c1-20(12-15-8-4-2-5-9-15,13-16-10-6-3-7-11-16)14-17(18(21)22)19(23)24;;;/h2-11,17H,12-14H2,1H3,(H,21,22)(H,23,24);;;/q;+2;2*-1. The fourth-order valence-corrected chi connectivity index (χ4v) is 3.16. The Morgan fingerprint density at radius 1 is 0.880 bits per heavy atom. The van der Waals surface area contributed by atoms with Gasteiger partial charge in [0.1, 0.15) is 0 Å². The molecule has 0 aliphatic carbocycles. The van der Waals surface area contributed by atoms with Gasteiger partial charge in [0.05, 0.1) is 0 Å². The maximum absolute atomic E-state index is 11.3. The maximum atomic E-state index is 11.3. The fourth-order valence-electron chi connectivity index (χ4n) is 3.16. The predicted molar refractivity (Wildman–Crippen MR) is 99.8 cm³/mol. The van der Waals surface area contributed by atoms with Crippen molar-refractivity contribution in [3.05, 3.63) is 71.8 Å². The van der Waals surface area contributed by atoms with Crippen LogP contribution in [-0.4, -0.2) is 71.0 Å². The van der Waals surface area contributed by atoms with Gasteiger partial charge in [-0.3, -0.25) is 9.59 Å². The van der Waals surface area contributed by atoms with Gasteiger partial charge in [0.15, 0.2) is 5.92 Å². The fraction of sp³-hybridized carbons (Fsp3) is 0.300. The van der Waals surface area contributed by atoms with Crippen molar-refractivity contribution in [1.82, 2.24) is 0 Å². The average molecular weight is 466 g/mol. The van der Waals surface area contributed by atoms with Crippen LogP contribution in [0.4, 0.5) is 0 Å². The SMILES string of the molecule is CC(Cc1ccccc1)(Cc1ccccc1)CC(C(=O)O)C(=O)O.[Ba+2].[H-].[H-]. The molecular weight excluding hydrogens is 442 g/mol. The molecule has 0 fully saturated rings. The first-order chi connectivity index (χ1) is 11.4. The van der Waals surface area contributed by atoms with Crippen molar-refractivity contribution in [3.63, 3.8) is 0 Å². The molecule has 5 heteroatoms. The molecule has 0 heterocycles. The van der Waals surface area contributed by atoms with Crippen molar-refractivity contribution >= 4 is 60.8 Å². The quantitative estimate of drug-likeness (QED) is 0.462. The van der Waals surface area contributed by atoms with Crippen molar-refractivity contribution in [2.75, 3.05) is 0 Å². The van der Waals surface area contributed by atoms with Crippen LogP contribution in [0.2, 0.25) is 0 Å². The van der Waals surface area contributed by atoms with Crippen LogP contribution in [-0.2, 0) is 22.4 Å². The van der Waals surface area contributed by atoms with Gasteiger partial charge in [0.25, 0.3) is 0 Å². The number of benzene rings is 2. The van der Waals surface area contributed by atoms with Gasteiger partial charge in [-0.15, -0.1) is 0 Å². The molecule has 0 aromatic heterocycles. The molecule has 25 heavy (non-hydrogen) atoms. The third kappa shape index (κ3) is 6.99. The summed E-state index contributed by atoms with van der Waals surface area (Å²) in [7, 11) is 0. The number of rotatable bonds is 8. The van der Waals surface area contributed by atoms with Crippen LogP contribution in [0, 0.1) is 11.3 Å². The van der Waals surface area contributed by atoms with Crippen molar-refractivity contribution in [2.45, 2.75) is 26.2 Å². The van der Waals surface area contributed by atoms with Crippen LogP contribution in [0.3, 0.4) is 0 Å². The summed E-state index contributed by atoms with van der Waals surface area (Å²) < 4.78 is 0. The Kier molecular flexibility index (Phi) is 8.96. The van der Waals surface area contributed by atoms with E-state index in [-0.39, 0.29) is 58.2 Å². The zero-order valence-electron chi connectivity index (χ0n) is 16.4. The first-order valence-electron chi connectivity index (χ1n) is 7.93. The minimum atomic E-state index is -1.40. The van der Waals surface area contributed by atoms with Crippen molar-refractivity contribution in [2.24, 2.45) is 11.3 Å². The van der Waals surface area contributed by atoms with Crippen LogP contribution in [0.25, 0.3) is 0 Å². The van der Waals surface area contributed by atoms with E-state index in [0.29, 0.717) is 12.8 Å². The number of hydrogen-bond donors (Lipinski definition) is 2. The van der Waals surface area contributed by atoms with E-state index in [1.807, 2.05) is 67.6 Å². The summed E-state index contributed by atoms with van der Waals surface area (Å²) >= 11 is 0. The average Bonchev–Trinajstić information content (AvgIpc) is 2.54. The maximum Gasteiger partial charge on any atom is 2.00 e. The number of hydrogen-bond acceptors (Lipinski definition) is 2. The van der Waals surface area contributed by atoms with Gasteiger partial charge < -0.3 is 13.1 Å². The summed E-state index contributed by atoms with van der Waals surface area (Å²) in [6.45, 7) is 1.96. The smallest absolute Gasteiger partial charge is 1.00 e. The predicted octanol–water partition coefficient (Wildman–Crippen LogP) is 3.50. The summed E-state index contributed by atoms with van der Waals surface area (Å²) in [4.78, 5) is 22.7. The van der Waals surface area contributed by atoms with Crippen molar-refractivity contribution in [3.8, 4) is 0 Å². The van der Waals surface area contributed by atoms with E-state index in [9.17, 15) is 19.8 Å². The monoisotopic (exact) mass is 466 g/mol. The van der Waals surface area contributed by atoms with Gasteiger partial charge in [-0.05, 0) is 35.8 Å². The Morgan fingerprint density at radius 2 is 1.24 bits per heavy atom. The summed E-state index contributed by atoms with van der Waals surface area (Å²) in [6.07, 6.45) is 1.33. The molecule has 0 atom stereocenters. The van der Waals surface area contributed by atoms with E-state index in [0.717, 1.165) is 11.1 Å². The Balaban J connectivity index is 0. The molecule has 0 unspecified atom stereocenters. The van der Waals surface area contributed by atoms with Gasteiger partial charge in [0.2, 0.25) is 0 Å². The second-order valence-electron chi connectivity index (χ2n) is 6.57. The molecule has 2 aromatic rings. The summed E-state index contributed by atoms with van der Waals surface area (Å²) in [5, 5.41) is 18.5. The van der Waals surface area contributed by atoms with Crippen LogP contribution < -0.4 is 0 Å². The van der Waals surface area contributed by atoms with Crippen LogP contribution in [0.1, 0.15) is 27.3 Å². The minimum Gasteiger partial charge on any atom is -1.00 e. The number of aliphatic carboxylic acids is 2. The number of carboxylic acid groups (broad SMARTS) is 2. The van der Waals surface area contributed by atoms with E-state index in [1.54, 1.807) is 0 Å². The Bertz CT molecular complexity index is 640. The first-order valence-corrected chi connectivity index (χ1v) is 7.93. The molecule has 0 amide bonds. The molecule has 2 aromatic carbocycles. The largest absolute Gasteiger partial charge is 2.00 e. The van der Waals surface area contributed by atoms with Gasteiger partial charge in [-0.25, -0.2) is 0 Å². The van der Waals surface area contributed by atoms with Gasteiger partial charge in [0, 0.05) is 0 Å². The van der Waals surface area contributed by atoms with Crippen molar-refractivity contribution < 1.29 is 22.7 Å². The molecule has 0 aliphatic rings. The Morgan fingerprint density at radius 3 is 1.56 bits per heavy atom. The summed E-state index contributed by atoms with van der Waals surface area (Å²) in [6, 6.07) is 19.5. The minimum absolute atomic E-state index is 0. The summed E-state index contributed by atoms with van der Waals surface area (Å²) in [5.74, 6) is -3.97. The van der Waals surface area contributed by atoms with Crippen LogP contribution >= 0.6 is 0 Å². The third-order valence-corrected chi connectivity index (χ3v) is 4.24. The topological polar surface area (TPSA) is 74.6 Å². The molecule has 0 aliphatic heterocycles. The van der Waals surface area contributed by atoms with E-state index < -0.39 is 23.3 Å². The van der Waals surface area contributed by atoms with Gasteiger partial charge in [-0.1, -0.05) is 67.6 Å². The Hall–Kier alpha value is -1.05. The molecule has 0 spiro atoms. The summed E-state index contributed by atoms with van der Waals surface area (Å²) in [5.41, 5.74) is 1.68. The van der Waals surface area contributed by atoms with E-state index >= 15 is 0 Å². The third-order valence-electron chi connectivity index (χ3n) is 4.24. The normalized spacial score (nSPS) is 11.0. The first kappa shape index (κ1) is 22.0. The molecule has 2 rings (SSSR count). The van der Waals surface area contributed by atoms with Crippen molar-refractivity contribution in [1.29, 1.82) is 0 Å². The zero-order chi connectivity index (χ0) is 17.6. The number of carbonyl (C=O) groups is 2. The molecular formula is C20H24BaO4. The van der Waals surface area contributed by atoms with E-state index in [2.05, 4.69) is 0 Å². The molecule has 0 bridgehead atoms. The van der Waals surface area contributed by atoms with Crippen LogP contribution in [0.5, 0.6) is 0 Å². The molecule has 130 valence electrons. The molecule has 0 radical (unpaired) electrons. The second-order valence-corrected chi connectivity index (χ2v) is 6.57.